The van der Waals surface area contributed by atoms with Gasteiger partial charge in [0, 0.05) is 37.9 Å². The summed E-state index contributed by atoms with van der Waals surface area (Å²) in [6.07, 6.45) is 0.939. The van der Waals surface area contributed by atoms with Gasteiger partial charge in [0.15, 0.2) is 17.6 Å². The average molecular weight is 421 g/mol. The minimum atomic E-state index is -1.20. The third-order valence-corrected chi connectivity index (χ3v) is 5.27. The van der Waals surface area contributed by atoms with Gasteiger partial charge in [-0.2, -0.15) is 0 Å². The van der Waals surface area contributed by atoms with E-state index in [1.165, 1.54) is 12.1 Å². The lowest BCUT2D eigenvalue weighted by Crippen LogP contribution is -2.41. The maximum Gasteiger partial charge on any atom is 0.191 e. The van der Waals surface area contributed by atoms with Gasteiger partial charge in [-0.1, -0.05) is 0 Å². The summed E-state index contributed by atoms with van der Waals surface area (Å²) in [6, 6.07) is 7.60. The number of rotatable bonds is 7. The van der Waals surface area contributed by atoms with E-state index in [1.807, 2.05) is 19.9 Å². The first-order valence-electron chi connectivity index (χ1n) is 10.3. The van der Waals surface area contributed by atoms with Crippen LogP contribution in [0.3, 0.4) is 0 Å². The van der Waals surface area contributed by atoms with Crippen LogP contribution in [0.1, 0.15) is 31.8 Å². The molecule has 0 bridgehead atoms. The van der Waals surface area contributed by atoms with Crippen LogP contribution < -0.4 is 15.5 Å². The van der Waals surface area contributed by atoms with Crippen LogP contribution in [-0.4, -0.2) is 43.8 Å². The van der Waals surface area contributed by atoms with E-state index in [2.05, 4.69) is 20.5 Å². The van der Waals surface area contributed by atoms with Crippen molar-refractivity contribution in [2.24, 2.45) is 10.9 Å². The Kier molecular flexibility index (Phi) is 6.97. The van der Waals surface area contributed by atoms with Crippen LogP contribution in [0.5, 0.6) is 0 Å². The number of aryl methyl sites for hydroxylation is 1. The van der Waals surface area contributed by atoms with Gasteiger partial charge in [0.05, 0.1) is 6.54 Å². The first kappa shape index (κ1) is 22.1. The largest absolute Gasteiger partial charge is 0.463 e. The Hall–Kier alpha value is -2.61. The highest BCUT2D eigenvalue weighted by atomic mass is 19.2. The number of nitrogens with zero attached hydrogens (tertiary/aromatic N) is 2. The first-order valence-corrected chi connectivity index (χ1v) is 10.3. The van der Waals surface area contributed by atoms with Crippen molar-refractivity contribution >= 4 is 11.6 Å². The number of aliphatic hydroxyl groups is 1. The molecule has 3 rings (SSSR count). The molecule has 1 fully saturated rings. The predicted octanol–water partition coefficient (Wildman–Crippen LogP) is 3.16. The summed E-state index contributed by atoms with van der Waals surface area (Å²) in [4.78, 5) is 6.57. The minimum Gasteiger partial charge on any atom is -0.463 e. The molecular formula is C22H30F2N4O2. The van der Waals surface area contributed by atoms with Gasteiger partial charge in [0.25, 0.3) is 0 Å². The highest BCUT2D eigenvalue weighted by Crippen LogP contribution is 2.25. The van der Waals surface area contributed by atoms with E-state index < -0.39 is 17.2 Å². The van der Waals surface area contributed by atoms with Crippen LogP contribution in [0.2, 0.25) is 0 Å². The molecule has 0 radical (unpaired) electrons. The Morgan fingerprint density at radius 2 is 2.07 bits per heavy atom. The second-order valence-electron chi connectivity index (χ2n) is 7.96. The van der Waals surface area contributed by atoms with E-state index in [0.717, 1.165) is 25.3 Å². The van der Waals surface area contributed by atoms with Crippen molar-refractivity contribution < 1.29 is 18.3 Å². The van der Waals surface area contributed by atoms with Crippen molar-refractivity contribution in [3.05, 3.63) is 53.5 Å². The van der Waals surface area contributed by atoms with Gasteiger partial charge in [-0.15, -0.1) is 0 Å². The zero-order valence-electron chi connectivity index (χ0n) is 17.7. The van der Waals surface area contributed by atoms with Crippen molar-refractivity contribution in [1.29, 1.82) is 0 Å². The molecule has 1 aromatic carbocycles. The van der Waals surface area contributed by atoms with Crippen molar-refractivity contribution in [2.45, 2.75) is 32.8 Å². The topological polar surface area (TPSA) is 73.0 Å². The van der Waals surface area contributed by atoms with Crippen molar-refractivity contribution in [3.63, 3.8) is 0 Å². The third-order valence-electron chi connectivity index (χ3n) is 5.27. The third kappa shape index (κ3) is 5.50. The number of anilines is 1. The second kappa shape index (κ2) is 9.47. The Morgan fingerprint density at radius 3 is 2.73 bits per heavy atom. The smallest absolute Gasteiger partial charge is 0.191 e. The summed E-state index contributed by atoms with van der Waals surface area (Å²) < 4.78 is 32.2. The summed E-state index contributed by atoms with van der Waals surface area (Å²) in [5.74, 6) is 0.531. The Bertz CT molecular complexity index is 882. The van der Waals surface area contributed by atoms with Gasteiger partial charge in [0.2, 0.25) is 0 Å². The average Bonchev–Trinajstić information content (AvgIpc) is 3.36. The van der Waals surface area contributed by atoms with E-state index in [4.69, 9.17) is 4.42 Å². The predicted molar refractivity (Wildman–Crippen MR) is 114 cm³/mol. The molecule has 8 heteroatoms. The van der Waals surface area contributed by atoms with Crippen LogP contribution in [0.4, 0.5) is 14.5 Å². The quantitative estimate of drug-likeness (QED) is 0.474. The fraction of sp³-hybridized carbons (Fsp3) is 0.500. The summed E-state index contributed by atoms with van der Waals surface area (Å²) in [5, 5.41) is 17.2. The number of hydrogen-bond donors (Lipinski definition) is 3. The normalized spacial score (nSPS) is 19.1. The second-order valence-corrected chi connectivity index (χ2v) is 7.96. The highest BCUT2D eigenvalue weighted by Gasteiger charge is 2.27. The number of aliphatic imine (C=N–C) groups is 1. The number of halogens is 2. The molecule has 2 aromatic rings. The van der Waals surface area contributed by atoms with Crippen molar-refractivity contribution in [2.75, 3.05) is 37.6 Å². The first-order chi connectivity index (χ1) is 14.3. The molecule has 0 saturated carbocycles. The summed E-state index contributed by atoms with van der Waals surface area (Å²) in [7, 11) is 0. The molecule has 1 aromatic heterocycles. The molecule has 2 atom stereocenters. The van der Waals surface area contributed by atoms with Crippen LogP contribution in [0.15, 0.2) is 39.7 Å². The lowest BCUT2D eigenvalue weighted by Gasteiger charge is -2.21. The van der Waals surface area contributed by atoms with Gasteiger partial charge >= 0.3 is 0 Å². The Balaban J connectivity index is 1.55. The van der Waals surface area contributed by atoms with E-state index in [0.29, 0.717) is 36.4 Å². The maximum absolute atomic E-state index is 13.5. The molecule has 6 nitrogen and oxygen atoms in total. The molecule has 164 valence electrons. The van der Waals surface area contributed by atoms with Crippen molar-refractivity contribution in [1.82, 2.24) is 10.6 Å². The molecule has 0 amide bonds. The molecular weight excluding hydrogens is 390 g/mol. The molecule has 3 N–H and O–H groups in total. The number of furan rings is 1. The number of hydrogen-bond acceptors (Lipinski definition) is 4. The Morgan fingerprint density at radius 1 is 1.27 bits per heavy atom. The van der Waals surface area contributed by atoms with Crippen LogP contribution >= 0.6 is 0 Å². The van der Waals surface area contributed by atoms with Crippen molar-refractivity contribution in [3.8, 4) is 0 Å². The standard InChI is InChI=1S/C22H30F2N4O2/c1-4-25-21(27-14-22(3,29)20-8-5-15(2)30-20)26-12-16-9-10-28(13-16)17-6-7-18(23)19(24)11-17/h5-8,11,16,29H,4,9-10,12-14H2,1-3H3,(H2,25,26,27). The van der Waals surface area contributed by atoms with E-state index in [1.54, 1.807) is 19.1 Å². The zero-order valence-corrected chi connectivity index (χ0v) is 17.7. The lowest BCUT2D eigenvalue weighted by atomic mass is 10.0. The van der Waals surface area contributed by atoms with E-state index in [-0.39, 0.29) is 6.54 Å². The summed E-state index contributed by atoms with van der Waals surface area (Å²) in [6.45, 7) is 8.56. The SMILES string of the molecule is CCNC(=NCC(C)(O)c1ccc(C)o1)NCC1CCN(c2ccc(F)c(F)c2)C1. The molecule has 1 aliphatic rings. The van der Waals surface area contributed by atoms with Gasteiger partial charge in [-0.3, -0.25) is 0 Å². The molecule has 2 heterocycles. The fourth-order valence-electron chi connectivity index (χ4n) is 3.53. The molecule has 1 aliphatic heterocycles. The number of benzene rings is 1. The molecule has 0 aliphatic carbocycles. The van der Waals surface area contributed by atoms with Gasteiger partial charge in [0.1, 0.15) is 17.1 Å². The van der Waals surface area contributed by atoms with Crippen LogP contribution in [-0.2, 0) is 5.60 Å². The fourth-order valence-corrected chi connectivity index (χ4v) is 3.53. The lowest BCUT2D eigenvalue weighted by molar-refractivity contribution is 0.0428. The molecule has 1 saturated heterocycles. The molecule has 2 unspecified atom stereocenters. The van der Waals surface area contributed by atoms with Gasteiger partial charge in [-0.25, -0.2) is 13.8 Å². The highest BCUT2D eigenvalue weighted by molar-refractivity contribution is 5.79. The maximum atomic E-state index is 13.5. The van der Waals surface area contributed by atoms with Crippen LogP contribution in [0, 0.1) is 24.5 Å². The minimum absolute atomic E-state index is 0.154. The Labute approximate surface area is 176 Å². The zero-order chi connectivity index (χ0) is 21.7. The summed E-state index contributed by atoms with van der Waals surface area (Å²) in [5.41, 5.74) is -0.505. The van der Waals surface area contributed by atoms with E-state index >= 15 is 0 Å². The van der Waals surface area contributed by atoms with E-state index in [9.17, 15) is 13.9 Å². The molecule has 30 heavy (non-hydrogen) atoms. The number of nitrogens with one attached hydrogen (secondary N) is 2. The number of guanidine groups is 1. The van der Waals surface area contributed by atoms with Gasteiger partial charge < -0.3 is 25.1 Å². The monoisotopic (exact) mass is 420 g/mol. The summed E-state index contributed by atoms with van der Waals surface area (Å²) >= 11 is 0. The molecule has 0 spiro atoms. The van der Waals surface area contributed by atoms with Crippen LogP contribution in [0.25, 0.3) is 0 Å². The van der Waals surface area contributed by atoms with Gasteiger partial charge in [-0.05, 0) is 57.4 Å².